The molecular weight excluding hydrogens is 346 g/mol. The third-order valence-electron chi connectivity index (χ3n) is 4.22. The van der Waals surface area contributed by atoms with Crippen molar-refractivity contribution in [3.8, 4) is 0 Å². The summed E-state index contributed by atoms with van der Waals surface area (Å²) in [7, 11) is 0. The molecule has 148 valence electrons. The van der Waals surface area contributed by atoms with E-state index in [1.165, 1.54) is 0 Å². The highest BCUT2D eigenvalue weighted by Gasteiger charge is 2.50. The highest BCUT2D eigenvalue weighted by molar-refractivity contribution is 4.93. The molecule has 2 rings (SSSR count). The molecule has 0 radical (unpaired) electrons. The second-order valence-electron chi connectivity index (χ2n) is 5.84. The minimum absolute atomic E-state index is 0.333. The Kier molecular flexibility index (Phi) is 7.45. The molecular formula is C13H25NO11. The van der Waals surface area contributed by atoms with Crippen molar-refractivity contribution in [2.45, 2.75) is 61.4 Å². The van der Waals surface area contributed by atoms with Crippen molar-refractivity contribution in [3.63, 3.8) is 0 Å². The molecule has 9 N–H and O–H groups in total. The van der Waals surface area contributed by atoms with Crippen LogP contribution in [-0.2, 0) is 18.9 Å². The molecule has 0 aliphatic carbocycles. The monoisotopic (exact) mass is 371 g/mol. The molecule has 0 aromatic heterocycles. The summed E-state index contributed by atoms with van der Waals surface area (Å²) in [6, 6.07) is 0. The van der Waals surface area contributed by atoms with Crippen molar-refractivity contribution in [2.75, 3.05) is 19.9 Å². The summed E-state index contributed by atoms with van der Waals surface area (Å²) in [5.74, 6) is 0. The Balaban J connectivity index is 2.14. The zero-order chi connectivity index (χ0) is 18.7. The normalized spacial score (nSPS) is 48.5. The quantitative estimate of drug-likeness (QED) is 0.206. The van der Waals surface area contributed by atoms with Crippen molar-refractivity contribution >= 4 is 0 Å². The average molecular weight is 371 g/mol. The van der Waals surface area contributed by atoms with Crippen molar-refractivity contribution in [3.05, 3.63) is 0 Å². The van der Waals surface area contributed by atoms with Gasteiger partial charge >= 0.3 is 0 Å². The van der Waals surface area contributed by atoms with Gasteiger partial charge in [0.2, 0.25) is 0 Å². The molecule has 2 heterocycles. The summed E-state index contributed by atoms with van der Waals surface area (Å²) in [5.41, 5.74) is 5.28. The third-order valence-corrected chi connectivity index (χ3v) is 4.22. The van der Waals surface area contributed by atoms with E-state index < -0.39 is 74.6 Å². The molecule has 0 saturated carbocycles. The molecule has 2 aliphatic heterocycles. The number of hydrogen-bond donors (Lipinski definition) is 8. The van der Waals surface area contributed by atoms with Crippen LogP contribution in [0.5, 0.6) is 0 Å². The molecule has 25 heavy (non-hydrogen) atoms. The summed E-state index contributed by atoms with van der Waals surface area (Å²) < 4.78 is 20.9. The fourth-order valence-electron chi connectivity index (χ4n) is 2.76. The van der Waals surface area contributed by atoms with Crippen LogP contribution in [0.3, 0.4) is 0 Å². The SMILES string of the molecule is NCO[C@H]1OC(CO)[C@@H](O)[C@H](O)C1O[C@H]1OC(CO)[C@@H](O)[C@H](O)C1O. The van der Waals surface area contributed by atoms with E-state index in [0.717, 1.165) is 0 Å². The van der Waals surface area contributed by atoms with Crippen LogP contribution in [0.2, 0.25) is 0 Å². The highest BCUT2D eigenvalue weighted by atomic mass is 16.8. The lowest BCUT2D eigenvalue weighted by molar-refractivity contribution is -0.367. The van der Waals surface area contributed by atoms with Gasteiger partial charge in [-0.2, -0.15) is 0 Å². The van der Waals surface area contributed by atoms with Gasteiger partial charge in [0.15, 0.2) is 12.6 Å². The molecule has 0 aromatic rings. The van der Waals surface area contributed by atoms with Gasteiger partial charge in [-0.1, -0.05) is 0 Å². The average Bonchev–Trinajstić information content (AvgIpc) is 2.61. The highest BCUT2D eigenvalue weighted by Crippen LogP contribution is 2.29. The van der Waals surface area contributed by atoms with Crippen molar-refractivity contribution in [1.29, 1.82) is 0 Å². The molecule has 0 spiro atoms. The van der Waals surface area contributed by atoms with E-state index in [1.807, 2.05) is 0 Å². The Labute approximate surface area is 142 Å². The van der Waals surface area contributed by atoms with E-state index in [2.05, 4.69) is 0 Å². The van der Waals surface area contributed by atoms with Gasteiger partial charge in [0.1, 0.15) is 48.8 Å². The lowest BCUT2D eigenvalue weighted by Crippen LogP contribution is -2.64. The third kappa shape index (κ3) is 4.27. The van der Waals surface area contributed by atoms with Gasteiger partial charge in [0, 0.05) is 0 Å². The molecule has 10 atom stereocenters. The molecule has 2 fully saturated rings. The predicted octanol–water partition coefficient (Wildman–Crippen LogP) is -5.46. The molecule has 0 amide bonds. The summed E-state index contributed by atoms with van der Waals surface area (Å²) in [6.07, 6.45) is -14.7. The number of ether oxygens (including phenoxy) is 4. The van der Waals surface area contributed by atoms with Gasteiger partial charge in [-0.05, 0) is 0 Å². The first kappa shape index (κ1) is 20.8. The molecule has 2 aliphatic rings. The van der Waals surface area contributed by atoms with E-state index in [1.54, 1.807) is 0 Å². The Hall–Kier alpha value is -0.480. The van der Waals surface area contributed by atoms with Crippen LogP contribution in [0.25, 0.3) is 0 Å². The molecule has 12 heteroatoms. The summed E-state index contributed by atoms with van der Waals surface area (Å²) in [6.45, 7) is -1.60. The van der Waals surface area contributed by atoms with Crippen LogP contribution < -0.4 is 5.73 Å². The first-order valence-electron chi connectivity index (χ1n) is 7.75. The van der Waals surface area contributed by atoms with Crippen LogP contribution in [-0.4, -0.2) is 117 Å². The maximum absolute atomic E-state index is 10.2. The smallest absolute Gasteiger partial charge is 0.188 e. The molecule has 12 nitrogen and oxygen atoms in total. The fourth-order valence-corrected chi connectivity index (χ4v) is 2.76. The first-order valence-corrected chi connectivity index (χ1v) is 7.75. The van der Waals surface area contributed by atoms with E-state index in [4.69, 9.17) is 34.9 Å². The van der Waals surface area contributed by atoms with Gasteiger partial charge in [0.05, 0.1) is 19.9 Å². The standard InChI is InChI=1S/C13H25NO11/c14-3-22-13-11(9(20)7(18)5(2-16)24-13)25-12-10(21)8(19)6(17)4(1-15)23-12/h4-13,15-21H,1-3,14H2/t4?,5?,6-,7-,8+,9+,10?,11?,12-,13+/m1/s1. The van der Waals surface area contributed by atoms with Gasteiger partial charge in [-0.3, -0.25) is 0 Å². The number of aliphatic hydroxyl groups is 7. The topological polar surface area (TPSA) is 205 Å². The van der Waals surface area contributed by atoms with Gasteiger partial charge in [0.25, 0.3) is 0 Å². The van der Waals surface area contributed by atoms with Crippen LogP contribution >= 0.6 is 0 Å². The van der Waals surface area contributed by atoms with Crippen LogP contribution in [0.4, 0.5) is 0 Å². The number of nitrogens with two attached hydrogens (primary N) is 1. The lowest BCUT2D eigenvalue weighted by atomic mass is 9.97. The van der Waals surface area contributed by atoms with Gasteiger partial charge in [-0.25, -0.2) is 0 Å². The zero-order valence-corrected chi connectivity index (χ0v) is 13.2. The Bertz CT molecular complexity index is 413. The predicted molar refractivity (Wildman–Crippen MR) is 76.5 cm³/mol. The van der Waals surface area contributed by atoms with Crippen molar-refractivity contribution < 1.29 is 54.7 Å². The molecule has 0 bridgehead atoms. The largest absolute Gasteiger partial charge is 0.394 e. The number of rotatable bonds is 6. The fraction of sp³-hybridized carbons (Fsp3) is 1.00. The van der Waals surface area contributed by atoms with Crippen molar-refractivity contribution in [2.24, 2.45) is 5.73 Å². The maximum Gasteiger partial charge on any atom is 0.188 e. The lowest BCUT2D eigenvalue weighted by Gasteiger charge is -2.45. The van der Waals surface area contributed by atoms with Gasteiger partial charge < -0.3 is 60.4 Å². The second-order valence-corrected chi connectivity index (χ2v) is 5.84. The Morgan fingerprint density at radius 3 is 1.76 bits per heavy atom. The van der Waals surface area contributed by atoms with Crippen LogP contribution in [0, 0.1) is 0 Å². The van der Waals surface area contributed by atoms with Crippen LogP contribution in [0.1, 0.15) is 0 Å². The molecule has 0 aromatic carbocycles. The van der Waals surface area contributed by atoms with E-state index in [9.17, 15) is 25.5 Å². The van der Waals surface area contributed by atoms with E-state index in [0.29, 0.717) is 0 Å². The number of hydrogen-bond acceptors (Lipinski definition) is 12. The minimum atomic E-state index is -1.71. The first-order chi connectivity index (χ1) is 11.8. The number of aliphatic hydroxyl groups excluding tert-OH is 7. The molecule has 4 unspecified atom stereocenters. The summed E-state index contributed by atoms with van der Waals surface area (Å²) in [5, 5.41) is 68.0. The Morgan fingerprint density at radius 2 is 1.24 bits per heavy atom. The van der Waals surface area contributed by atoms with E-state index >= 15 is 0 Å². The van der Waals surface area contributed by atoms with Gasteiger partial charge in [-0.15, -0.1) is 0 Å². The summed E-state index contributed by atoms with van der Waals surface area (Å²) >= 11 is 0. The van der Waals surface area contributed by atoms with Crippen molar-refractivity contribution in [1.82, 2.24) is 0 Å². The van der Waals surface area contributed by atoms with E-state index in [-0.39, 0.29) is 6.73 Å². The minimum Gasteiger partial charge on any atom is -0.394 e. The summed E-state index contributed by atoms with van der Waals surface area (Å²) in [4.78, 5) is 0. The maximum atomic E-state index is 10.2. The zero-order valence-electron chi connectivity index (χ0n) is 13.2. The Morgan fingerprint density at radius 1 is 0.720 bits per heavy atom. The molecule has 2 saturated heterocycles. The second kappa shape index (κ2) is 8.94. The van der Waals surface area contributed by atoms with Crippen LogP contribution in [0.15, 0.2) is 0 Å².